The van der Waals surface area contributed by atoms with Gasteiger partial charge in [0.2, 0.25) is 0 Å². The second-order valence-corrected chi connectivity index (χ2v) is 4.96. The van der Waals surface area contributed by atoms with E-state index in [9.17, 15) is 18.0 Å². The molecule has 0 aliphatic heterocycles. The molecule has 0 bridgehead atoms. The molecule has 0 aliphatic carbocycles. The van der Waals surface area contributed by atoms with Crippen LogP contribution in [0, 0.1) is 11.3 Å². The van der Waals surface area contributed by atoms with Crippen molar-refractivity contribution in [3.8, 4) is 6.07 Å². The lowest BCUT2D eigenvalue weighted by Crippen LogP contribution is -2.23. The van der Waals surface area contributed by atoms with Gasteiger partial charge in [-0.2, -0.15) is 18.4 Å². The molecule has 0 aliphatic rings. The highest BCUT2D eigenvalue weighted by atomic mass is 19.4. The van der Waals surface area contributed by atoms with Crippen molar-refractivity contribution < 1.29 is 18.0 Å². The summed E-state index contributed by atoms with van der Waals surface area (Å²) < 4.78 is 38.1. The molecule has 3 nitrogen and oxygen atoms in total. The largest absolute Gasteiger partial charge is 0.416 e. The van der Waals surface area contributed by atoms with Crippen LogP contribution in [0.1, 0.15) is 16.7 Å². The molecule has 24 heavy (non-hydrogen) atoms. The summed E-state index contributed by atoms with van der Waals surface area (Å²) in [7, 11) is 0. The molecular weight excluding hydrogens is 317 g/mol. The van der Waals surface area contributed by atoms with E-state index < -0.39 is 17.6 Å². The Hall–Kier alpha value is -3.07. The van der Waals surface area contributed by atoms with Gasteiger partial charge in [0.15, 0.2) is 0 Å². The van der Waals surface area contributed by atoms with Crippen molar-refractivity contribution >= 4 is 12.0 Å². The van der Waals surface area contributed by atoms with Crippen LogP contribution in [0.5, 0.6) is 0 Å². The molecule has 0 atom stereocenters. The molecule has 0 spiro atoms. The molecule has 2 aromatic carbocycles. The van der Waals surface area contributed by atoms with Crippen molar-refractivity contribution in [2.75, 3.05) is 0 Å². The summed E-state index contributed by atoms with van der Waals surface area (Å²) in [5.74, 6) is -0.640. The van der Waals surface area contributed by atoms with Gasteiger partial charge in [0.25, 0.3) is 5.91 Å². The van der Waals surface area contributed by atoms with Gasteiger partial charge in [0.05, 0.1) is 5.56 Å². The maximum Gasteiger partial charge on any atom is 0.416 e. The first-order valence-corrected chi connectivity index (χ1v) is 7.01. The molecule has 6 heteroatoms. The molecule has 0 fully saturated rings. The number of halogens is 3. The minimum Gasteiger partial charge on any atom is -0.347 e. The first-order valence-electron chi connectivity index (χ1n) is 7.01. The van der Waals surface area contributed by atoms with Crippen molar-refractivity contribution in [3.63, 3.8) is 0 Å². The fourth-order valence-electron chi connectivity index (χ4n) is 1.99. The first-order chi connectivity index (χ1) is 11.4. The van der Waals surface area contributed by atoms with Crippen molar-refractivity contribution in [3.05, 3.63) is 76.9 Å². The number of nitrogens with zero attached hydrogens (tertiary/aromatic N) is 1. The van der Waals surface area contributed by atoms with Crippen LogP contribution >= 0.6 is 0 Å². The van der Waals surface area contributed by atoms with Gasteiger partial charge in [-0.25, -0.2) is 0 Å². The number of nitrogens with one attached hydrogen (secondary N) is 1. The highest BCUT2D eigenvalue weighted by Crippen LogP contribution is 2.29. The van der Waals surface area contributed by atoms with Gasteiger partial charge in [-0.1, -0.05) is 42.5 Å². The number of carbonyl (C=O) groups is 1. The van der Waals surface area contributed by atoms with Crippen LogP contribution < -0.4 is 5.32 Å². The third-order valence-electron chi connectivity index (χ3n) is 3.19. The Bertz CT molecular complexity index is 790. The molecule has 1 N–H and O–H groups in total. The number of nitriles is 1. The SMILES string of the molecule is N#C/C(=C/c1cccc(C(F)(F)F)c1)C(=O)NCc1ccccc1. The molecule has 2 aromatic rings. The third-order valence-corrected chi connectivity index (χ3v) is 3.19. The molecular formula is C18H13F3N2O. The average Bonchev–Trinajstić information content (AvgIpc) is 2.58. The number of rotatable bonds is 4. The summed E-state index contributed by atoms with van der Waals surface area (Å²) in [5, 5.41) is 11.6. The Labute approximate surface area is 137 Å². The summed E-state index contributed by atoms with van der Waals surface area (Å²) in [6, 6.07) is 15.2. The lowest BCUT2D eigenvalue weighted by molar-refractivity contribution is -0.137. The highest BCUT2D eigenvalue weighted by Gasteiger charge is 2.30. The lowest BCUT2D eigenvalue weighted by Gasteiger charge is -2.07. The van der Waals surface area contributed by atoms with Gasteiger partial charge >= 0.3 is 6.18 Å². The van der Waals surface area contributed by atoms with Crippen LogP contribution in [0.25, 0.3) is 6.08 Å². The standard InChI is InChI=1S/C18H13F3N2O/c19-18(20,21)16-8-4-7-14(10-16)9-15(11-22)17(24)23-12-13-5-2-1-3-6-13/h1-10H,12H2,(H,23,24)/b15-9-. The number of hydrogen-bond acceptors (Lipinski definition) is 2. The van der Waals surface area contributed by atoms with Crippen LogP contribution in [0.3, 0.4) is 0 Å². The summed E-state index contributed by atoms with van der Waals surface area (Å²) in [4.78, 5) is 12.0. The van der Waals surface area contributed by atoms with E-state index in [2.05, 4.69) is 5.32 Å². The number of benzene rings is 2. The lowest BCUT2D eigenvalue weighted by atomic mass is 10.1. The fourth-order valence-corrected chi connectivity index (χ4v) is 1.99. The predicted octanol–water partition coefficient (Wildman–Crippen LogP) is 3.93. The Balaban J connectivity index is 2.14. The molecule has 122 valence electrons. The molecule has 0 aromatic heterocycles. The van der Waals surface area contributed by atoms with E-state index >= 15 is 0 Å². The zero-order valence-electron chi connectivity index (χ0n) is 12.5. The summed E-state index contributed by atoms with van der Waals surface area (Å²) in [6.07, 6.45) is -3.35. The fraction of sp³-hybridized carbons (Fsp3) is 0.111. The molecule has 0 heterocycles. The van der Waals surface area contributed by atoms with Crippen LogP contribution in [0.2, 0.25) is 0 Å². The first kappa shape index (κ1) is 17.3. The zero-order valence-corrected chi connectivity index (χ0v) is 12.5. The maximum atomic E-state index is 12.7. The topological polar surface area (TPSA) is 52.9 Å². The van der Waals surface area contributed by atoms with Gasteiger partial charge in [-0.3, -0.25) is 4.79 Å². The molecule has 2 rings (SSSR count). The highest BCUT2D eigenvalue weighted by molar-refractivity contribution is 6.01. The van der Waals surface area contributed by atoms with E-state index in [1.54, 1.807) is 6.07 Å². The maximum absolute atomic E-state index is 12.7. The van der Waals surface area contributed by atoms with Gasteiger partial charge in [-0.05, 0) is 29.3 Å². The van der Waals surface area contributed by atoms with Gasteiger partial charge < -0.3 is 5.32 Å². The van der Waals surface area contributed by atoms with E-state index in [1.165, 1.54) is 12.1 Å². The minimum atomic E-state index is -4.48. The Morgan fingerprint density at radius 3 is 2.46 bits per heavy atom. The summed E-state index contributed by atoms with van der Waals surface area (Å²) in [5.41, 5.74) is -0.109. The molecule has 0 saturated carbocycles. The second-order valence-electron chi connectivity index (χ2n) is 4.96. The molecule has 1 amide bonds. The zero-order chi connectivity index (χ0) is 17.6. The number of carbonyl (C=O) groups excluding carboxylic acids is 1. The van der Waals surface area contributed by atoms with Crippen molar-refractivity contribution in [2.24, 2.45) is 0 Å². The summed E-state index contributed by atoms with van der Waals surface area (Å²) in [6.45, 7) is 0.223. The van der Waals surface area contributed by atoms with E-state index in [1.807, 2.05) is 30.3 Å². The minimum absolute atomic E-state index is 0.135. The van der Waals surface area contributed by atoms with E-state index in [-0.39, 0.29) is 17.7 Å². The monoisotopic (exact) mass is 330 g/mol. The number of alkyl halides is 3. The van der Waals surface area contributed by atoms with Crippen LogP contribution in [-0.2, 0) is 17.5 Å². The van der Waals surface area contributed by atoms with Crippen molar-refractivity contribution in [1.82, 2.24) is 5.32 Å². The molecule has 0 radical (unpaired) electrons. The van der Waals surface area contributed by atoms with Gasteiger partial charge in [0.1, 0.15) is 11.6 Å². The van der Waals surface area contributed by atoms with E-state index in [0.29, 0.717) is 0 Å². The van der Waals surface area contributed by atoms with Crippen LogP contribution in [0.4, 0.5) is 13.2 Å². The Morgan fingerprint density at radius 1 is 1.12 bits per heavy atom. The molecule has 0 saturated heterocycles. The van der Waals surface area contributed by atoms with E-state index in [0.717, 1.165) is 23.8 Å². The molecule has 0 unspecified atom stereocenters. The van der Waals surface area contributed by atoms with Gasteiger partial charge in [-0.15, -0.1) is 0 Å². The Kier molecular flexibility index (Phi) is 5.38. The van der Waals surface area contributed by atoms with Crippen LogP contribution in [-0.4, -0.2) is 5.91 Å². The van der Waals surface area contributed by atoms with E-state index in [4.69, 9.17) is 5.26 Å². The number of amides is 1. The van der Waals surface area contributed by atoms with Crippen LogP contribution in [0.15, 0.2) is 60.2 Å². The van der Waals surface area contributed by atoms with Gasteiger partial charge in [0, 0.05) is 6.54 Å². The average molecular weight is 330 g/mol. The smallest absolute Gasteiger partial charge is 0.347 e. The predicted molar refractivity (Wildman–Crippen MR) is 83.3 cm³/mol. The quantitative estimate of drug-likeness (QED) is 0.682. The summed E-state index contributed by atoms with van der Waals surface area (Å²) >= 11 is 0. The number of hydrogen-bond donors (Lipinski definition) is 1. The van der Waals surface area contributed by atoms with Crippen molar-refractivity contribution in [2.45, 2.75) is 12.7 Å². The third kappa shape index (κ3) is 4.71. The second kappa shape index (κ2) is 7.47. The normalized spacial score (nSPS) is 11.7. The Morgan fingerprint density at radius 2 is 1.83 bits per heavy atom. The van der Waals surface area contributed by atoms with Crippen molar-refractivity contribution in [1.29, 1.82) is 5.26 Å².